The van der Waals surface area contributed by atoms with Gasteiger partial charge in [0.25, 0.3) is 5.91 Å². The van der Waals surface area contributed by atoms with Crippen LogP contribution in [-0.4, -0.2) is 41.2 Å². The smallest absolute Gasteiger partial charge is 0.254 e. The van der Waals surface area contributed by atoms with E-state index in [1.807, 2.05) is 26.0 Å². The predicted molar refractivity (Wildman–Crippen MR) is 109 cm³/mol. The minimum atomic E-state index is -0.174. The molecule has 0 radical (unpaired) electrons. The third-order valence-electron chi connectivity index (χ3n) is 4.39. The Bertz CT molecular complexity index is 986. The molecule has 0 N–H and O–H groups in total. The maximum atomic E-state index is 13.1. The monoisotopic (exact) mass is 415 g/mol. The molecule has 1 aromatic heterocycles. The number of rotatable bonds is 7. The standard InChI is InChI=1S/C21H22ClN3O4/c1-13(2)25(21(26)15-7-10-17(27-3)18(11-15)28-4)12-19-23-20(24-29-19)14-5-8-16(22)9-6-14/h5-11,13H,12H2,1-4H3. The molecule has 0 spiro atoms. The van der Waals surface area contributed by atoms with E-state index in [1.54, 1.807) is 42.3 Å². The van der Waals surface area contributed by atoms with E-state index in [4.69, 9.17) is 25.6 Å². The Balaban J connectivity index is 1.82. The fourth-order valence-electron chi connectivity index (χ4n) is 2.80. The van der Waals surface area contributed by atoms with Crippen molar-refractivity contribution in [3.8, 4) is 22.9 Å². The molecule has 0 aliphatic rings. The number of ether oxygens (including phenoxy) is 2. The van der Waals surface area contributed by atoms with Crippen molar-refractivity contribution < 1.29 is 18.8 Å². The molecule has 0 fully saturated rings. The highest BCUT2D eigenvalue weighted by Crippen LogP contribution is 2.28. The van der Waals surface area contributed by atoms with Crippen molar-refractivity contribution >= 4 is 17.5 Å². The Morgan fingerprint density at radius 3 is 2.41 bits per heavy atom. The maximum absolute atomic E-state index is 13.1. The summed E-state index contributed by atoms with van der Waals surface area (Å²) >= 11 is 5.92. The molecule has 2 aromatic carbocycles. The Kier molecular flexibility index (Phi) is 6.39. The quantitative estimate of drug-likeness (QED) is 0.567. The van der Waals surface area contributed by atoms with E-state index in [-0.39, 0.29) is 18.5 Å². The molecule has 1 amide bonds. The van der Waals surface area contributed by atoms with Crippen LogP contribution < -0.4 is 9.47 Å². The van der Waals surface area contributed by atoms with Crippen LogP contribution in [0, 0.1) is 0 Å². The number of nitrogens with zero attached hydrogens (tertiary/aromatic N) is 3. The van der Waals surface area contributed by atoms with Crippen LogP contribution in [-0.2, 0) is 6.54 Å². The summed E-state index contributed by atoms with van der Waals surface area (Å²) in [6.07, 6.45) is 0. The second-order valence-electron chi connectivity index (χ2n) is 6.62. The first-order valence-electron chi connectivity index (χ1n) is 9.04. The van der Waals surface area contributed by atoms with Crippen molar-refractivity contribution in [3.05, 3.63) is 58.9 Å². The van der Waals surface area contributed by atoms with Crippen LogP contribution in [0.25, 0.3) is 11.4 Å². The number of carbonyl (C=O) groups is 1. The highest BCUT2D eigenvalue weighted by molar-refractivity contribution is 6.30. The van der Waals surface area contributed by atoms with Gasteiger partial charge in [0.15, 0.2) is 11.5 Å². The van der Waals surface area contributed by atoms with Gasteiger partial charge in [0.2, 0.25) is 11.7 Å². The van der Waals surface area contributed by atoms with E-state index < -0.39 is 0 Å². The van der Waals surface area contributed by atoms with Crippen molar-refractivity contribution in [2.75, 3.05) is 14.2 Å². The van der Waals surface area contributed by atoms with E-state index in [9.17, 15) is 4.79 Å². The second-order valence-corrected chi connectivity index (χ2v) is 7.05. The average molecular weight is 416 g/mol. The van der Waals surface area contributed by atoms with E-state index in [2.05, 4.69) is 10.1 Å². The second kappa shape index (κ2) is 8.96. The zero-order valence-corrected chi connectivity index (χ0v) is 17.4. The molecule has 0 unspecified atom stereocenters. The zero-order chi connectivity index (χ0) is 21.0. The number of amides is 1. The van der Waals surface area contributed by atoms with Gasteiger partial charge in [0, 0.05) is 22.2 Å². The van der Waals surface area contributed by atoms with Gasteiger partial charge < -0.3 is 18.9 Å². The molecule has 29 heavy (non-hydrogen) atoms. The lowest BCUT2D eigenvalue weighted by atomic mass is 10.1. The predicted octanol–water partition coefficient (Wildman–Crippen LogP) is 4.46. The van der Waals surface area contributed by atoms with Crippen molar-refractivity contribution in [1.82, 2.24) is 15.0 Å². The van der Waals surface area contributed by atoms with Gasteiger partial charge in [-0.15, -0.1) is 0 Å². The minimum absolute atomic E-state index is 0.0820. The van der Waals surface area contributed by atoms with Gasteiger partial charge in [-0.05, 0) is 56.3 Å². The highest BCUT2D eigenvalue weighted by Gasteiger charge is 2.23. The molecule has 3 aromatic rings. The summed E-state index contributed by atoms with van der Waals surface area (Å²) in [5, 5.41) is 4.64. The summed E-state index contributed by atoms with van der Waals surface area (Å²) < 4.78 is 15.9. The van der Waals surface area contributed by atoms with Crippen molar-refractivity contribution in [2.24, 2.45) is 0 Å². The summed E-state index contributed by atoms with van der Waals surface area (Å²) in [6.45, 7) is 4.04. The minimum Gasteiger partial charge on any atom is -0.493 e. The van der Waals surface area contributed by atoms with Crippen LogP contribution in [0.2, 0.25) is 5.02 Å². The number of hydrogen-bond acceptors (Lipinski definition) is 6. The molecule has 3 rings (SSSR count). The SMILES string of the molecule is COc1ccc(C(=O)N(Cc2nc(-c3ccc(Cl)cc3)no2)C(C)C)cc1OC. The molecular formula is C21H22ClN3O4. The lowest BCUT2D eigenvalue weighted by molar-refractivity contribution is 0.0667. The van der Waals surface area contributed by atoms with Gasteiger partial charge >= 0.3 is 0 Å². The molecule has 0 aliphatic carbocycles. The van der Waals surface area contributed by atoms with Crippen molar-refractivity contribution in [2.45, 2.75) is 26.4 Å². The first-order chi connectivity index (χ1) is 13.9. The molecule has 0 bridgehead atoms. The first-order valence-corrected chi connectivity index (χ1v) is 9.42. The third kappa shape index (κ3) is 4.68. The molecule has 0 saturated heterocycles. The summed E-state index contributed by atoms with van der Waals surface area (Å²) in [5.74, 6) is 1.66. The normalized spacial score (nSPS) is 10.8. The molecule has 152 valence electrons. The van der Waals surface area contributed by atoms with Gasteiger partial charge in [0.1, 0.15) is 6.54 Å². The van der Waals surface area contributed by atoms with E-state index in [0.29, 0.717) is 33.8 Å². The Morgan fingerprint density at radius 2 is 1.79 bits per heavy atom. The van der Waals surface area contributed by atoms with Crippen molar-refractivity contribution in [3.63, 3.8) is 0 Å². The fourth-order valence-corrected chi connectivity index (χ4v) is 2.93. The molecule has 0 atom stereocenters. The number of halogens is 1. The number of carbonyl (C=O) groups excluding carboxylic acids is 1. The van der Waals surface area contributed by atoms with Gasteiger partial charge in [0.05, 0.1) is 14.2 Å². The molecular weight excluding hydrogens is 394 g/mol. The Hall–Kier alpha value is -3.06. The Labute approximate surface area is 174 Å². The number of methoxy groups -OCH3 is 2. The third-order valence-corrected chi connectivity index (χ3v) is 4.64. The number of aromatic nitrogens is 2. The summed E-state index contributed by atoms with van der Waals surface area (Å²) in [6, 6.07) is 12.1. The fraction of sp³-hybridized carbons (Fsp3) is 0.286. The van der Waals surface area contributed by atoms with Crippen LogP contribution in [0.3, 0.4) is 0 Å². The van der Waals surface area contributed by atoms with Crippen LogP contribution in [0.15, 0.2) is 47.0 Å². The summed E-state index contributed by atoms with van der Waals surface area (Å²) in [7, 11) is 3.08. The van der Waals surface area contributed by atoms with Crippen LogP contribution in [0.5, 0.6) is 11.5 Å². The molecule has 1 heterocycles. The summed E-state index contributed by atoms with van der Waals surface area (Å²) in [4.78, 5) is 19.2. The zero-order valence-electron chi connectivity index (χ0n) is 16.7. The van der Waals surface area contributed by atoms with Crippen LogP contribution >= 0.6 is 11.6 Å². The number of hydrogen-bond donors (Lipinski definition) is 0. The lowest BCUT2D eigenvalue weighted by Gasteiger charge is -2.25. The van der Waals surface area contributed by atoms with Crippen LogP contribution in [0.1, 0.15) is 30.1 Å². The highest BCUT2D eigenvalue weighted by atomic mass is 35.5. The average Bonchev–Trinajstić information content (AvgIpc) is 3.20. The molecule has 0 aliphatic heterocycles. The topological polar surface area (TPSA) is 77.7 Å². The first kappa shape index (κ1) is 20.7. The van der Waals surface area contributed by atoms with E-state index >= 15 is 0 Å². The van der Waals surface area contributed by atoms with Gasteiger partial charge in [-0.3, -0.25) is 4.79 Å². The Morgan fingerprint density at radius 1 is 1.10 bits per heavy atom. The maximum Gasteiger partial charge on any atom is 0.254 e. The van der Waals surface area contributed by atoms with Gasteiger partial charge in [-0.1, -0.05) is 16.8 Å². The van der Waals surface area contributed by atoms with Gasteiger partial charge in [-0.2, -0.15) is 4.98 Å². The van der Waals surface area contributed by atoms with E-state index in [1.165, 1.54) is 7.11 Å². The molecule has 0 saturated carbocycles. The summed E-state index contributed by atoms with van der Waals surface area (Å²) in [5.41, 5.74) is 1.26. The van der Waals surface area contributed by atoms with E-state index in [0.717, 1.165) is 5.56 Å². The van der Waals surface area contributed by atoms with Crippen molar-refractivity contribution in [1.29, 1.82) is 0 Å². The lowest BCUT2D eigenvalue weighted by Crippen LogP contribution is -2.36. The molecule has 7 nitrogen and oxygen atoms in total. The number of benzene rings is 2. The molecule has 8 heteroatoms. The van der Waals surface area contributed by atoms with Crippen LogP contribution in [0.4, 0.5) is 0 Å². The van der Waals surface area contributed by atoms with Gasteiger partial charge in [-0.25, -0.2) is 0 Å². The largest absolute Gasteiger partial charge is 0.493 e.